The largest absolute Gasteiger partial charge is 0.314 e. The van der Waals surface area contributed by atoms with Gasteiger partial charge < -0.3 is 0 Å². The molecule has 1 aliphatic rings. The Bertz CT molecular complexity index is 459. The van der Waals surface area contributed by atoms with Gasteiger partial charge >= 0.3 is 5.91 Å². The van der Waals surface area contributed by atoms with Crippen LogP contribution in [0.5, 0.6) is 0 Å². The Morgan fingerprint density at radius 2 is 2.22 bits per heavy atom. The van der Waals surface area contributed by atoms with E-state index in [-0.39, 0.29) is 5.92 Å². The topological polar surface area (TPSA) is 71.2 Å². The number of nitrogens with zero attached hydrogens (tertiary/aromatic N) is 3. The van der Waals surface area contributed by atoms with Crippen molar-refractivity contribution in [1.82, 2.24) is 0 Å². The summed E-state index contributed by atoms with van der Waals surface area (Å²) in [6.07, 6.45) is 6.30. The predicted octanol–water partition coefficient (Wildman–Crippen LogP) is 3.03. The molecule has 0 bridgehead atoms. The van der Waals surface area contributed by atoms with Gasteiger partial charge in [0.1, 0.15) is 0 Å². The zero-order chi connectivity index (χ0) is 13.5. The zero-order valence-corrected chi connectivity index (χ0v) is 10.9. The van der Waals surface area contributed by atoms with Crippen LogP contribution in [-0.2, 0) is 4.79 Å². The standard InChI is InChI=1S/C13H17N3O2/c1-4-11(14-5-2)12-9(3)6-7-10(8-15-12)13(17)16-18/h4-5,8-9H,6-7H2,1-3H3/b11-4-,14-5-/t9-/m1/s1. The summed E-state index contributed by atoms with van der Waals surface area (Å²) in [4.78, 5) is 30.0. The van der Waals surface area contributed by atoms with E-state index in [2.05, 4.69) is 15.2 Å². The lowest BCUT2D eigenvalue weighted by molar-refractivity contribution is -0.114. The second-order valence-corrected chi connectivity index (χ2v) is 4.07. The van der Waals surface area contributed by atoms with Crippen LogP contribution in [0.1, 0.15) is 33.6 Å². The average molecular weight is 247 g/mol. The first-order valence-electron chi connectivity index (χ1n) is 5.93. The molecule has 0 fully saturated rings. The van der Waals surface area contributed by atoms with Crippen molar-refractivity contribution in [3.05, 3.63) is 28.5 Å². The van der Waals surface area contributed by atoms with E-state index in [1.54, 1.807) is 6.21 Å². The Morgan fingerprint density at radius 3 is 2.78 bits per heavy atom. The van der Waals surface area contributed by atoms with Crippen LogP contribution in [0.25, 0.3) is 0 Å². The molecule has 1 amide bonds. The zero-order valence-electron chi connectivity index (χ0n) is 10.9. The van der Waals surface area contributed by atoms with Crippen LogP contribution >= 0.6 is 0 Å². The van der Waals surface area contributed by atoms with Crippen molar-refractivity contribution in [1.29, 1.82) is 0 Å². The van der Waals surface area contributed by atoms with Crippen LogP contribution < -0.4 is 0 Å². The lowest BCUT2D eigenvalue weighted by Crippen LogP contribution is -2.12. The van der Waals surface area contributed by atoms with Crippen LogP contribution in [0.2, 0.25) is 0 Å². The van der Waals surface area contributed by atoms with Crippen molar-refractivity contribution in [2.24, 2.45) is 21.1 Å². The highest BCUT2D eigenvalue weighted by atomic mass is 16.3. The van der Waals surface area contributed by atoms with E-state index in [4.69, 9.17) is 0 Å². The minimum atomic E-state index is -0.728. The molecule has 0 N–H and O–H groups in total. The first-order valence-corrected chi connectivity index (χ1v) is 5.93. The van der Waals surface area contributed by atoms with E-state index in [0.717, 1.165) is 17.8 Å². The second kappa shape index (κ2) is 6.74. The van der Waals surface area contributed by atoms with Gasteiger partial charge in [0.2, 0.25) is 0 Å². The van der Waals surface area contributed by atoms with Crippen LogP contribution in [0.15, 0.2) is 38.7 Å². The molecule has 0 aromatic rings. The van der Waals surface area contributed by atoms with Crippen molar-refractivity contribution >= 4 is 17.8 Å². The maximum atomic E-state index is 11.2. The van der Waals surface area contributed by atoms with Gasteiger partial charge in [-0.25, -0.2) is 0 Å². The molecule has 0 saturated heterocycles. The van der Waals surface area contributed by atoms with Gasteiger partial charge in [0.15, 0.2) is 0 Å². The highest BCUT2D eigenvalue weighted by Gasteiger charge is 2.20. The van der Waals surface area contributed by atoms with Crippen LogP contribution in [0.3, 0.4) is 0 Å². The Labute approximate surface area is 106 Å². The van der Waals surface area contributed by atoms with Crippen molar-refractivity contribution in [3.8, 4) is 0 Å². The minimum Gasteiger partial charge on any atom is -0.264 e. The van der Waals surface area contributed by atoms with Gasteiger partial charge in [-0.05, 0) is 26.7 Å². The van der Waals surface area contributed by atoms with Crippen molar-refractivity contribution in [3.63, 3.8) is 0 Å². The molecule has 5 nitrogen and oxygen atoms in total. The summed E-state index contributed by atoms with van der Waals surface area (Å²) in [5, 5.41) is 2.43. The van der Waals surface area contributed by atoms with E-state index in [1.807, 2.05) is 26.8 Å². The molecule has 0 spiro atoms. The summed E-state index contributed by atoms with van der Waals surface area (Å²) in [6, 6.07) is 0. The molecule has 1 atom stereocenters. The molecule has 96 valence electrons. The maximum Gasteiger partial charge on any atom is 0.314 e. The van der Waals surface area contributed by atoms with Gasteiger partial charge in [0.25, 0.3) is 0 Å². The summed E-state index contributed by atoms with van der Waals surface area (Å²) in [6.45, 7) is 5.76. The van der Waals surface area contributed by atoms with E-state index in [0.29, 0.717) is 12.0 Å². The van der Waals surface area contributed by atoms with E-state index in [9.17, 15) is 9.70 Å². The van der Waals surface area contributed by atoms with Gasteiger partial charge in [-0.2, -0.15) is 0 Å². The third kappa shape index (κ3) is 3.29. The second-order valence-electron chi connectivity index (χ2n) is 4.07. The molecule has 0 aromatic carbocycles. The quantitative estimate of drug-likeness (QED) is 0.568. The average Bonchev–Trinajstić information content (AvgIpc) is 2.57. The number of carbonyl (C=O) groups is 1. The number of carbonyl (C=O) groups excluding carboxylic acids is 1. The molecular weight excluding hydrogens is 230 g/mol. The van der Waals surface area contributed by atoms with E-state index in [1.165, 1.54) is 6.20 Å². The number of allylic oxidation sites excluding steroid dienone is 2. The molecular formula is C13H17N3O2. The lowest BCUT2D eigenvalue weighted by Gasteiger charge is -2.12. The fourth-order valence-electron chi connectivity index (χ4n) is 1.81. The van der Waals surface area contributed by atoms with Gasteiger partial charge in [0, 0.05) is 29.1 Å². The van der Waals surface area contributed by atoms with Crippen LogP contribution in [-0.4, -0.2) is 17.8 Å². The number of hydrogen-bond donors (Lipinski definition) is 0. The number of rotatable bonds is 3. The predicted molar refractivity (Wildman–Crippen MR) is 72.6 cm³/mol. The SMILES string of the molecule is C/C=N\C(=C/C)C1=NC=C(C(=O)N=O)CC[C@H]1C. The Hall–Kier alpha value is -1.91. The molecule has 5 heteroatoms. The maximum absolute atomic E-state index is 11.2. The normalized spacial score (nSPS) is 21.3. The van der Waals surface area contributed by atoms with Crippen molar-refractivity contribution in [2.75, 3.05) is 0 Å². The summed E-state index contributed by atoms with van der Waals surface area (Å²) in [5.41, 5.74) is 2.00. The Morgan fingerprint density at radius 1 is 1.50 bits per heavy atom. The molecule has 0 unspecified atom stereocenters. The summed E-state index contributed by atoms with van der Waals surface area (Å²) in [5.74, 6) is -0.540. The van der Waals surface area contributed by atoms with Gasteiger partial charge in [0.05, 0.1) is 11.4 Å². The van der Waals surface area contributed by atoms with Gasteiger partial charge in [-0.1, -0.05) is 13.0 Å². The molecule has 18 heavy (non-hydrogen) atoms. The first-order chi connectivity index (χ1) is 8.63. The van der Waals surface area contributed by atoms with Crippen molar-refractivity contribution in [2.45, 2.75) is 33.6 Å². The molecule has 1 aliphatic heterocycles. The van der Waals surface area contributed by atoms with Crippen LogP contribution in [0.4, 0.5) is 0 Å². The third-order valence-corrected chi connectivity index (χ3v) is 2.83. The number of nitroso groups, excluding NO2 is 1. The monoisotopic (exact) mass is 247 g/mol. The summed E-state index contributed by atoms with van der Waals surface area (Å²) in [7, 11) is 0. The van der Waals surface area contributed by atoms with E-state index < -0.39 is 5.91 Å². The molecule has 0 radical (unpaired) electrons. The molecule has 0 aliphatic carbocycles. The first kappa shape index (κ1) is 14.2. The Kier molecular flexibility index (Phi) is 5.30. The fourth-order valence-corrected chi connectivity index (χ4v) is 1.81. The molecule has 1 heterocycles. The van der Waals surface area contributed by atoms with Gasteiger partial charge in [-0.3, -0.25) is 14.8 Å². The lowest BCUT2D eigenvalue weighted by atomic mass is 9.96. The number of amides is 1. The Balaban J connectivity index is 3.09. The highest BCUT2D eigenvalue weighted by Crippen LogP contribution is 2.22. The molecule has 0 saturated carbocycles. The summed E-state index contributed by atoms with van der Waals surface area (Å²) < 4.78 is 0. The number of hydrogen-bond acceptors (Lipinski definition) is 4. The number of aliphatic imine (C=N–C) groups is 2. The smallest absolute Gasteiger partial charge is 0.264 e. The molecule has 1 rings (SSSR count). The van der Waals surface area contributed by atoms with Gasteiger partial charge in [-0.15, -0.1) is 4.91 Å². The fraction of sp³-hybridized carbons (Fsp3) is 0.462. The molecule has 0 aromatic heterocycles. The van der Waals surface area contributed by atoms with Crippen molar-refractivity contribution < 1.29 is 4.79 Å². The minimum absolute atomic E-state index is 0.188. The third-order valence-electron chi connectivity index (χ3n) is 2.83. The van der Waals surface area contributed by atoms with Crippen LogP contribution in [0, 0.1) is 10.8 Å². The van der Waals surface area contributed by atoms with E-state index >= 15 is 0 Å². The summed E-state index contributed by atoms with van der Waals surface area (Å²) >= 11 is 0. The highest BCUT2D eigenvalue weighted by molar-refractivity contribution is 6.03.